The second-order valence-electron chi connectivity index (χ2n) is 7.26. The van der Waals surface area contributed by atoms with Gasteiger partial charge in [-0.05, 0) is 26.0 Å². The standard InChI is InChI=1S/C19H28ClN3O3/c1-22-8-9-23(13-19(22)5-4-18(24)21-7-6-19)12-14-10-15(20)17(26-3)11-16(14)25-2/h10-11H,4-9,12-13H2,1-3H3,(H,21,24)/t19-/m1/s1. The zero-order valence-electron chi connectivity index (χ0n) is 15.8. The van der Waals surface area contributed by atoms with Crippen molar-refractivity contribution in [3.8, 4) is 11.5 Å². The van der Waals surface area contributed by atoms with Crippen molar-refractivity contribution in [2.75, 3.05) is 47.4 Å². The van der Waals surface area contributed by atoms with Gasteiger partial charge in [0.15, 0.2) is 0 Å². The monoisotopic (exact) mass is 381 g/mol. The maximum absolute atomic E-state index is 11.8. The van der Waals surface area contributed by atoms with Gasteiger partial charge >= 0.3 is 0 Å². The first-order chi connectivity index (χ1) is 12.5. The smallest absolute Gasteiger partial charge is 0.220 e. The number of piperazine rings is 1. The third-order valence-corrected chi connectivity index (χ3v) is 6.05. The predicted octanol–water partition coefficient (Wildman–Crippen LogP) is 2.14. The Kier molecular flexibility index (Phi) is 5.95. The Balaban J connectivity index is 1.78. The summed E-state index contributed by atoms with van der Waals surface area (Å²) in [6.07, 6.45) is 2.47. The lowest BCUT2D eigenvalue weighted by molar-refractivity contribution is -0.121. The summed E-state index contributed by atoms with van der Waals surface area (Å²) in [5, 5.41) is 3.60. The lowest BCUT2D eigenvalue weighted by Gasteiger charge is -2.49. The number of ether oxygens (including phenoxy) is 2. The van der Waals surface area contributed by atoms with Gasteiger partial charge < -0.3 is 14.8 Å². The molecule has 3 rings (SSSR count). The quantitative estimate of drug-likeness (QED) is 0.866. The molecule has 0 aromatic heterocycles. The molecule has 26 heavy (non-hydrogen) atoms. The van der Waals surface area contributed by atoms with E-state index >= 15 is 0 Å². The minimum atomic E-state index is 0.0426. The van der Waals surface area contributed by atoms with Crippen LogP contribution in [0, 0.1) is 0 Å². The molecule has 1 aromatic rings. The number of carbonyl (C=O) groups is 1. The summed E-state index contributed by atoms with van der Waals surface area (Å²) in [6, 6.07) is 3.78. The van der Waals surface area contributed by atoms with Crippen molar-refractivity contribution in [2.24, 2.45) is 0 Å². The van der Waals surface area contributed by atoms with Gasteiger partial charge in [0.1, 0.15) is 11.5 Å². The second kappa shape index (κ2) is 8.03. The van der Waals surface area contributed by atoms with Crippen molar-refractivity contribution >= 4 is 17.5 Å². The van der Waals surface area contributed by atoms with Crippen molar-refractivity contribution in [2.45, 2.75) is 31.3 Å². The Bertz CT molecular complexity index is 670. The van der Waals surface area contributed by atoms with Crippen LogP contribution in [0.2, 0.25) is 5.02 Å². The normalized spacial score (nSPS) is 25.0. The van der Waals surface area contributed by atoms with E-state index in [-0.39, 0.29) is 11.4 Å². The van der Waals surface area contributed by atoms with Gasteiger partial charge in [0.05, 0.1) is 19.2 Å². The van der Waals surface area contributed by atoms with E-state index < -0.39 is 0 Å². The minimum absolute atomic E-state index is 0.0426. The number of methoxy groups -OCH3 is 2. The van der Waals surface area contributed by atoms with Crippen LogP contribution in [0.4, 0.5) is 0 Å². The van der Waals surface area contributed by atoms with Crippen LogP contribution in [0.3, 0.4) is 0 Å². The third kappa shape index (κ3) is 3.92. The number of nitrogens with one attached hydrogen (secondary N) is 1. The van der Waals surface area contributed by atoms with E-state index in [0.717, 1.165) is 56.9 Å². The first-order valence-electron chi connectivity index (χ1n) is 9.08. The number of carbonyl (C=O) groups excluding carboxylic acids is 1. The highest BCUT2D eigenvalue weighted by Crippen LogP contribution is 2.35. The number of amides is 1. The molecular formula is C19H28ClN3O3. The SMILES string of the molecule is COc1cc(OC)c(CN2CCN(C)[C@]3(CCNC(=O)CC3)C2)cc1Cl. The van der Waals surface area contributed by atoms with Crippen molar-refractivity contribution < 1.29 is 14.3 Å². The van der Waals surface area contributed by atoms with E-state index in [2.05, 4.69) is 22.2 Å². The first kappa shape index (κ1) is 19.3. The molecule has 0 radical (unpaired) electrons. The summed E-state index contributed by atoms with van der Waals surface area (Å²) in [5.41, 5.74) is 1.10. The van der Waals surface area contributed by atoms with Gasteiger partial charge in [-0.1, -0.05) is 11.6 Å². The van der Waals surface area contributed by atoms with Crippen LogP contribution in [0.1, 0.15) is 24.8 Å². The lowest BCUT2D eigenvalue weighted by Crippen LogP contribution is -2.60. The number of nitrogens with zero attached hydrogens (tertiary/aromatic N) is 2. The van der Waals surface area contributed by atoms with Gasteiger partial charge in [-0.2, -0.15) is 0 Å². The predicted molar refractivity (Wildman–Crippen MR) is 102 cm³/mol. The molecule has 7 heteroatoms. The van der Waals surface area contributed by atoms with E-state index in [1.54, 1.807) is 14.2 Å². The van der Waals surface area contributed by atoms with Gasteiger partial charge in [-0.25, -0.2) is 0 Å². The highest BCUT2D eigenvalue weighted by Gasteiger charge is 2.40. The van der Waals surface area contributed by atoms with Crippen LogP contribution >= 0.6 is 11.6 Å². The molecule has 2 fully saturated rings. The summed E-state index contributed by atoms with van der Waals surface area (Å²) in [7, 11) is 5.45. The van der Waals surface area contributed by atoms with Crippen molar-refractivity contribution in [1.29, 1.82) is 0 Å². The van der Waals surface area contributed by atoms with Crippen LogP contribution in [0.5, 0.6) is 11.5 Å². The van der Waals surface area contributed by atoms with Crippen LogP contribution in [-0.4, -0.2) is 68.7 Å². The Morgan fingerprint density at radius 3 is 2.69 bits per heavy atom. The van der Waals surface area contributed by atoms with Crippen LogP contribution in [0.25, 0.3) is 0 Å². The lowest BCUT2D eigenvalue weighted by atomic mass is 9.86. The fourth-order valence-electron chi connectivity index (χ4n) is 4.10. The topological polar surface area (TPSA) is 54.0 Å². The fraction of sp³-hybridized carbons (Fsp3) is 0.632. The van der Waals surface area contributed by atoms with E-state index in [4.69, 9.17) is 21.1 Å². The highest BCUT2D eigenvalue weighted by atomic mass is 35.5. The molecule has 1 amide bonds. The van der Waals surface area contributed by atoms with Gasteiger partial charge in [-0.15, -0.1) is 0 Å². The number of hydrogen-bond acceptors (Lipinski definition) is 5. The molecule has 144 valence electrons. The molecule has 1 N–H and O–H groups in total. The summed E-state index contributed by atoms with van der Waals surface area (Å²) in [5.74, 6) is 1.57. The molecule has 0 aliphatic carbocycles. The molecule has 0 bridgehead atoms. The summed E-state index contributed by atoms with van der Waals surface area (Å²) < 4.78 is 10.8. The van der Waals surface area contributed by atoms with E-state index in [9.17, 15) is 4.79 Å². The molecule has 1 atom stereocenters. The second-order valence-corrected chi connectivity index (χ2v) is 7.66. The maximum atomic E-state index is 11.8. The number of rotatable bonds is 4. The zero-order chi connectivity index (χ0) is 18.7. The van der Waals surface area contributed by atoms with Crippen molar-refractivity contribution in [1.82, 2.24) is 15.1 Å². The maximum Gasteiger partial charge on any atom is 0.220 e. The van der Waals surface area contributed by atoms with Gasteiger partial charge in [0.25, 0.3) is 0 Å². The third-order valence-electron chi connectivity index (χ3n) is 5.76. The first-order valence-corrected chi connectivity index (χ1v) is 9.46. The summed E-state index contributed by atoms with van der Waals surface area (Å²) in [6.45, 7) is 4.41. The Morgan fingerprint density at radius 1 is 1.19 bits per heavy atom. The van der Waals surface area contributed by atoms with Crippen LogP contribution < -0.4 is 14.8 Å². The minimum Gasteiger partial charge on any atom is -0.496 e. The van der Waals surface area contributed by atoms with Crippen LogP contribution in [0.15, 0.2) is 12.1 Å². The molecule has 1 aromatic carbocycles. The van der Waals surface area contributed by atoms with E-state index in [1.807, 2.05) is 12.1 Å². The van der Waals surface area contributed by atoms with Crippen molar-refractivity contribution in [3.63, 3.8) is 0 Å². The highest BCUT2D eigenvalue weighted by molar-refractivity contribution is 6.32. The Labute approximate surface area is 160 Å². The van der Waals surface area contributed by atoms with E-state index in [1.165, 1.54) is 0 Å². The number of halogens is 1. The number of likely N-dealkylation sites (N-methyl/N-ethyl adjacent to an activating group) is 1. The zero-order valence-corrected chi connectivity index (χ0v) is 16.6. The molecule has 0 unspecified atom stereocenters. The van der Waals surface area contributed by atoms with E-state index in [0.29, 0.717) is 17.2 Å². The average Bonchev–Trinajstić information content (AvgIpc) is 2.81. The van der Waals surface area contributed by atoms with Gasteiger partial charge in [0.2, 0.25) is 5.91 Å². The summed E-state index contributed by atoms with van der Waals surface area (Å²) >= 11 is 6.33. The van der Waals surface area contributed by atoms with Gasteiger partial charge in [-0.3, -0.25) is 14.6 Å². The molecule has 0 saturated carbocycles. The molecule has 2 aliphatic heterocycles. The molecule has 2 saturated heterocycles. The largest absolute Gasteiger partial charge is 0.496 e. The average molecular weight is 382 g/mol. The fourth-order valence-corrected chi connectivity index (χ4v) is 4.36. The molecule has 1 spiro atoms. The number of benzene rings is 1. The number of hydrogen-bond donors (Lipinski definition) is 1. The molecule has 2 heterocycles. The van der Waals surface area contributed by atoms with Crippen molar-refractivity contribution in [3.05, 3.63) is 22.7 Å². The summed E-state index contributed by atoms with van der Waals surface area (Å²) in [4.78, 5) is 16.7. The molecule has 2 aliphatic rings. The van der Waals surface area contributed by atoms with Gasteiger partial charge in [0, 0.05) is 56.3 Å². The molecular weight excluding hydrogens is 354 g/mol. The Morgan fingerprint density at radius 2 is 1.96 bits per heavy atom. The van der Waals surface area contributed by atoms with Crippen LogP contribution in [-0.2, 0) is 11.3 Å². The molecule has 6 nitrogen and oxygen atoms in total. The Hall–Kier alpha value is -1.50.